The normalized spacial score (nSPS) is 11.1. The summed E-state index contributed by atoms with van der Waals surface area (Å²) < 4.78 is 0. The van der Waals surface area contributed by atoms with Gasteiger partial charge in [-0.25, -0.2) is 0 Å². The number of nitrogens with one attached hydrogen (secondary N) is 1. The maximum Gasteiger partial charge on any atom is 0.0992 e. The summed E-state index contributed by atoms with van der Waals surface area (Å²) in [6.45, 7) is 0. The van der Waals surface area contributed by atoms with Crippen molar-refractivity contribution in [1.29, 1.82) is 5.26 Å². The third-order valence-electron chi connectivity index (χ3n) is 7.58. The molecule has 7 aromatic rings. The minimum absolute atomic E-state index is 0.542. The second-order valence-corrected chi connectivity index (χ2v) is 10.0. The van der Waals surface area contributed by atoms with Crippen molar-refractivity contribution >= 4 is 49.4 Å². The van der Waals surface area contributed by atoms with Crippen LogP contribution in [0.25, 0.3) is 54.6 Å². The van der Waals surface area contributed by atoms with E-state index in [1.54, 1.807) is 12.1 Å². The number of hydrogen-bond donors (Lipinski definition) is 2. The van der Waals surface area contributed by atoms with Crippen LogP contribution in [0.15, 0.2) is 133 Å². The van der Waals surface area contributed by atoms with E-state index in [0.29, 0.717) is 11.3 Å². The summed E-state index contributed by atoms with van der Waals surface area (Å²) in [7, 11) is 0. The van der Waals surface area contributed by atoms with Gasteiger partial charge in [0.1, 0.15) is 0 Å². The number of nitrogens with zero attached hydrogens (tertiary/aromatic N) is 1. The molecule has 0 heterocycles. The van der Waals surface area contributed by atoms with Crippen molar-refractivity contribution in [3.8, 4) is 28.3 Å². The molecule has 0 amide bonds. The topological polar surface area (TPSA) is 61.8 Å². The molecule has 3 nitrogen and oxygen atoms in total. The molecule has 188 valence electrons. The van der Waals surface area contributed by atoms with Gasteiger partial charge in [0, 0.05) is 5.69 Å². The number of rotatable bonds is 4. The first-order valence-electron chi connectivity index (χ1n) is 13.3. The van der Waals surface area contributed by atoms with Gasteiger partial charge >= 0.3 is 0 Å². The Morgan fingerprint density at radius 3 is 1.75 bits per heavy atom. The minimum atomic E-state index is 0.542. The van der Waals surface area contributed by atoms with Gasteiger partial charge in [0.2, 0.25) is 0 Å². The molecule has 7 rings (SSSR count). The van der Waals surface area contributed by atoms with Crippen LogP contribution in [0.1, 0.15) is 5.56 Å². The van der Waals surface area contributed by atoms with E-state index in [1.165, 1.54) is 49.0 Å². The highest BCUT2D eigenvalue weighted by Crippen LogP contribution is 2.44. The molecule has 0 unspecified atom stereocenters. The van der Waals surface area contributed by atoms with Crippen LogP contribution >= 0.6 is 0 Å². The van der Waals surface area contributed by atoms with Crippen molar-refractivity contribution in [1.82, 2.24) is 0 Å². The molecular weight excluding hydrogens is 486 g/mol. The molecular formula is C37H25N3. The zero-order valence-electron chi connectivity index (χ0n) is 21.7. The van der Waals surface area contributed by atoms with E-state index in [4.69, 9.17) is 5.73 Å². The standard InChI is InChI=1S/C37H25N3/c38-23-24-16-19-35(34(39)20-24)40-29-11-7-10-27(22-29)36-30-12-3-5-14-32(30)37(33-15-6-4-13-31(33)36)28-18-17-25-8-1-2-9-26(25)21-28/h1-22,40H,39H2. The van der Waals surface area contributed by atoms with Gasteiger partial charge in [-0.3, -0.25) is 0 Å². The average Bonchev–Trinajstić information content (AvgIpc) is 3.00. The first-order valence-corrected chi connectivity index (χ1v) is 13.3. The molecule has 0 saturated carbocycles. The van der Waals surface area contributed by atoms with Crippen molar-refractivity contribution in [3.63, 3.8) is 0 Å². The summed E-state index contributed by atoms with van der Waals surface area (Å²) in [4.78, 5) is 0. The van der Waals surface area contributed by atoms with Crippen LogP contribution in [-0.2, 0) is 0 Å². The van der Waals surface area contributed by atoms with Crippen molar-refractivity contribution < 1.29 is 0 Å². The third kappa shape index (κ3) is 4.00. The van der Waals surface area contributed by atoms with Crippen LogP contribution in [0.3, 0.4) is 0 Å². The van der Waals surface area contributed by atoms with Gasteiger partial charge in [-0.15, -0.1) is 0 Å². The highest BCUT2D eigenvalue weighted by Gasteiger charge is 2.17. The smallest absolute Gasteiger partial charge is 0.0992 e. The maximum atomic E-state index is 9.19. The second kappa shape index (κ2) is 9.62. The number of benzene rings is 7. The van der Waals surface area contributed by atoms with Gasteiger partial charge in [0.05, 0.1) is 23.0 Å². The highest BCUT2D eigenvalue weighted by molar-refractivity contribution is 6.21. The van der Waals surface area contributed by atoms with Crippen molar-refractivity contribution in [2.75, 3.05) is 11.1 Å². The fourth-order valence-corrected chi connectivity index (χ4v) is 5.75. The Morgan fingerprint density at radius 1 is 0.525 bits per heavy atom. The van der Waals surface area contributed by atoms with Crippen LogP contribution < -0.4 is 11.1 Å². The Bertz CT molecular complexity index is 2060. The van der Waals surface area contributed by atoms with Gasteiger partial charge in [-0.2, -0.15) is 5.26 Å². The van der Waals surface area contributed by atoms with Gasteiger partial charge < -0.3 is 11.1 Å². The molecule has 7 aromatic carbocycles. The SMILES string of the molecule is N#Cc1ccc(Nc2cccc(-c3c4ccccc4c(-c4ccc5ccccc5c4)c4ccccc34)c2)c(N)c1. The first-order chi connectivity index (χ1) is 19.7. The lowest BCUT2D eigenvalue weighted by Gasteiger charge is -2.18. The Kier molecular flexibility index (Phi) is 5.65. The van der Waals surface area contributed by atoms with Gasteiger partial charge in [0.25, 0.3) is 0 Å². The lowest BCUT2D eigenvalue weighted by atomic mass is 9.85. The Labute approximate surface area is 232 Å². The summed E-state index contributed by atoms with van der Waals surface area (Å²) in [5, 5.41) is 20.0. The quantitative estimate of drug-likeness (QED) is 0.183. The van der Waals surface area contributed by atoms with Crippen molar-refractivity contribution in [3.05, 3.63) is 139 Å². The van der Waals surface area contributed by atoms with E-state index in [0.717, 1.165) is 16.9 Å². The monoisotopic (exact) mass is 511 g/mol. The van der Waals surface area contributed by atoms with Gasteiger partial charge in [-0.1, -0.05) is 97.1 Å². The van der Waals surface area contributed by atoms with Crippen LogP contribution in [0.5, 0.6) is 0 Å². The summed E-state index contributed by atoms with van der Waals surface area (Å²) in [6.07, 6.45) is 0. The Hall–Kier alpha value is -5.59. The van der Waals surface area contributed by atoms with Crippen LogP contribution in [-0.4, -0.2) is 0 Å². The minimum Gasteiger partial charge on any atom is -0.397 e. The molecule has 0 aliphatic heterocycles. The number of fused-ring (bicyclic) bond motifs is 3. The number of nitrogens with two attached hydrogens (primary N) is 1. The largest absolute Gasteiger partial charge is 0.397 e. The highest BCUT2D eigenvalue weighted by atomic mass is 14.9. The average molecular weight is 512 g/mol. The molecule has 40 heavy (non-hydrogen) atoms. The van der Waals surface area contributed by atoms with E-state index >= 15 is 0 Å². The molecule has 0 radical (unpaired) electrons. The predicted molar refractivity (Wildman–Crippen MR) is 169 cm³/mol. The van der Waals surface area contributed by atoms with Crippen LogP contribution in [0, 0.1) is 11.3 Å². The van der Waals surface area contributed by atoms with Crippen molar-refractivity contribution in [2.45, 2.75) is 0 Å². The van der Waals surface area contributed by atoms with Crippen LogP contribution in [0.2, 0.25) is 0 Å². The first kappa shape index (κ1) is 23.5. The van der Waals surface area contributed by atoms with E-state index in [1.807, 2.05) is 12.1 Å². The van der Waals surface area contributed by atoms with E-state index in [9.17, 15) is 5.26 Å². The lowest BCUT2D eigenvalue weighted by Crippen LogP contribution is -1.97. The number of nitrogen functional groups attached to an aromatic ring is 1. The third-order valence-corrected chi connectivity index (χ3v) is 7.58. The van der Waals surface area contributed by atoms with Crippen molar-refractivity contribution in [2.24, 2.45) is 0 Å². The fraction of sp³-hybridized carbons (Fsp3) is 0. The number of anilines is 3. The molecule has 3 N–H and O–H groups in total. The van der Waals surface area contributed by atoms with E-state index < -0.39 is 0 Å². The van der Waals surface area contributed by atoms with E-state index in [-0.39, 0.29) is 0 Å². The zero-order chi connectivity index (χ0) is 27.1. The summed E-state index contributed by atoms with van der Waals surface area (Å²) >= 11 is 0. The molecule has 0 aliphatic rings. The number of nitriles is 1. The number of hydrogen-bond acceptors (Lipinski definition) is 3. The molecule has 0 saturated heterocycles. The Balaban J connectivity index is 1.44. The molecule has 0 bridgehead atoms. The van der Waals surface area contributed by atoms with Gasteiger partial charge in [0.15, 0.2) is 0 Å². The Morgan fingerprint density at radius 2 is 1.12 bits per heavy atom. The molecule has 0 atom stereocenters. The summed E-state index contributed by atoms with van der Waals surface area (Å²) in [5.74, 6) is 0. The lowest BCUT2D eigenvalue weighted by molar-refractivity contribution is 1.47. The molecule has 3 heteroatoms. The molecule has 0 spiro atoms. The van der Waals surface area contributed by atoms with E-state index in [2.05, 4.69) is 121 Å². The zero-order valence-corrected chi connectivity index (χ0v) is 21.7. The fourth-order valence-electron chi connectivity index (χ4n) is 5.75. The summed E-state index contributed by atoms with van der Waals surface area (Å²) in [5.41, 5.74) is 13.8. The summed E-state index contributed by atoms with van der Waals surface area (Å²) in [6, 6.07) is 48.5. The second-order valence-electron chi connectivity index (χ2n) is 10.0. The molecule has 0 aliphatic carbocycles. The van der Waals surface area contributed by atoms with Gasteiger partial charge in [-0.05, 0) is 91.0 Å². The predicted octanol–water partition coefficient (Wildman–Crippen LogP) is 9.68. The molecule has 0 aromatic heterocycles. The van der Waals surface area contributed by atoms with Crippen LogP contribution in [0.4, 0.5) is 17.1 Å². The maximum absolute atomic E-state index is 9.19. The molecule has 0 fully saturated rings.